The molecule has 0 radical (unpaired) electrons. The Morgan fingerprint density at radius 3 is 2.39 bits per heavy atom. The van der Waals surface area contributed by atoms with Gasteiger partial charge in [-0.05, 0) is 54.6 Å². The van der Waals surface area contributed by atoms with Gasteiger partial charge in [-0.3, -0.25) is 9.36 Å². The molecule has 1 fully saturated rings. The van der Waals surface area contributed by atoms with E-state index in [0.717, 1.165) is 5.69 Å². The molecule has 3 aromatic carbocycles. The third kappa shape index (κ3) is 4.04. The number of hydrogen-bond donors (Lipinski definition) is 0. The van der Waals surface area contributed by atoms with Gasteiger partial charge in [0.15, 0.2) is 5.65 Å². The third-order valence-electron chi connectivity index (χ3n) is 6.22. The van der Waals surface area contributed by atoms with Crippen LogP contribution in [-0.2, 0) is 4.74 Å². The van der Waals surface area contributed by atoms with E-state index in [1.807, 2.05) is 35.2 Å². The fraction of sp³-hybridized carbons (Fsp3) is 0.148. The minimum absolute atomic E-state index is 0.279. The second-order valence-electron chi connectivity index (χ2n) is 8.46. The first-order valence-electron chi connectivity index (χ1n) is 11.5. The molecule has 0 aliphatic carbocycles. The average Bonchev–Trinajstić information content (AvgIpc) is 3.35. The highest BCUT2D eigenvalue weighted by Gasteiger charge is 2.20. The summed E-state index contributed by atoms with van der Waals surface area (Å²) < 4.78 is 23.8. The summed E-state index contributed by atoms with van der Waals surface area (Å²) in [5, 5.41) is 5.44. The van der Waals surface area contributed by atoms with Crippen molar-refractivity contribution in [3.05, 3.63) is 100 Å². The van der Waals surface area contributed by atoms with Crippen molar-refractivity contribution in [3.63, 3.8) is 0 Å². The Balaban J connectivity index is 1.54. The molecule has 7 nitrogen and oxygen atoms in total. The number of nitrogens with zero attached hydrogens (tertiary/aromatic N) is 5. The monoisotopic (exact) mass is 501 g/mol. The van der Waals surface area contributed by atoms with Crippen LogP contribution in [0.2, 0.25) is 5.02 Å². The van der Waals surface area contributed by atoms with Crippen molar-refractivity contribution in [3.8, 4) is 22.8 Å². The van der Waals surface area contributed by atoms with Crippen LogP contribution in [0.3, 0.4) is 0 Å². The van der Waals surface area contributed by atoms with Crippen LogP contribution in [0.1, 0.15) is 0 Å². The van der Waals surface area contributed by atoms with Crippen LogP contribution in [-0.4, -0.2) is 45.6 Å². The normalized spacial score (nSPS) is 13.9. The maximum atomic E-state index is 15.3. The number of morpholine rings is 1. The van der Waals surface area contributed by atoms with Gasteiger partial charge in [-0.1, -0.05) is 29.8 Å². The summed E-state index contributed by atoms with van der Waals surface area (Å²) in [6, 6.07) is 21.3. The molecule has 0 atom stereocenters. The van der Waals surface area contributed by atoms with Gasteiger partial charge >= 0.3 is 0 Å². The number of fused-ring (bicyclic) bond motifs is 1. The molecule has 2 aromatic heterocycles. The Hall–Kier alpha value is -4.01. The maximum absolute atomic E-state index is 15.3. The van der Waals surface area contributed by atoms with Crippen molar-refractivity contribution in [1.29, 1.82) is 0 Å². The van der Waals surface area contributed by atoms with Gasteiger partial charge in [0, 0.05) is 29.9 Å². The minimum atomic E-state index is -0.388. The maximum Gasteiger partial charge on any atom is 0.269 e. The zero-order valence-corrected chi connectivity index (χ0v) is 19.9. The highest BCUT2D eigenvalue weighted by Crippen LogP contribution is 2.28. The zero-order chi connectivity index (χ0) is 24.6. The molecule has 0 spiro atoms. The Morgan fingerprint density at radius 1 is 0.917 bits per heavy atom. The molecule has 1 aliphatic rings. The Kier molecular flexibility index (Phi) is 5.75. The molecule has 180 valence electrons. The van der Waals surface area contributed by atoms with Crippen molar-refractivity contribution < 1.29 is 9.13 Å². The molecule has 1 aliphatic heterocycles. The third-order valence-corrected chi connectivity index (χ3v) is 6.47. The predicted octanol–water partition coefficient (Wildman–Crippen LogP) is 4.87. The lowest BCUT2D eigenvalue weighted by Gasteiger charge is -2.29. The Bertz CT molecular complexity index is 1610. The summed E-state index contributed by atoms with van der Waals surface area (Å²) >= 11 is 6.09. The number of anilines is 1. The number of aromatic nitrogens is 4. The number of benzene rings is 3. The quantitative estimate of drug-likeness (QED) is 0.351. The molecule has 6 rings (SSSR count). The highest BCUT2D eigenvalue weighted by molar-refractivity contribution is 6.30. The Labute approximate surface area is 210 Å². The number of hydrogen-bond acceptors (Lipinski definition) is 5. The number of rotatable bonds is 4. The molecule has 3 heterocycles. The van der Waals surface area contributed by atoms with E-state index in [1.54, 1.807) is 47.3 Å². The summed E-state index contributed by atoms with van der Waals surface area (Å²) in [4.78, 5) is 20.5. The van der Waals surface area contributed by atoms with Gasteiger partial charge in [0.05, 0.1) is 30.3 Å². The van der Waals surface area contributed by atoms with Gasteiger partial charge in [-0.15, -0.1) is 5.10 Å². The van der Waals surface area contributed by atoms with Gasteiger partial charge in [0.1, 0.15) is 17.0 Å². The first-order valence-corrected chi connectivity index (χ1v) is 11.9. The fourth-order valence-corrected chi connectivity index (χ4v) is 4.53. The number of halogens is 2. The average molecular weight is 502 g/mol. The van der Waals surface area contributed by atoms with Crippen LogP contribution in [0.25, 0.3) is 33.8 Å². The topological polar surface area (TPSA) is 65.2 Å². The van der Waals surface area contributed by atoms with Gasteiger partial charge < -0.3 is 9.64 Å². The summed E-state index contributed by atoms with van der Waals surface area (Å²) in [5.41, 5.74) is 2.30. The molecule has 0 amide bonds. The molecule has 0 unspecified atom stereocenters. The van der Waals surface area contributed by atoms with E-state index in [9.17, 15) is 4.79 Å². The largest absolute Gasteiger partial charge is 0.378 e. The molecule has 5 aromatic rings. The predicted molar refractivity (Wildman–Crippen MR) is 138 cm³/mol. The molecule has 9 heteroatoms. The molecular weight excluding hydrogens is 481 g/mol. The first kappa shape index (κ1) is 22.5. The van der Waals surface area contributed by atoms with Crippen molar-refractivity contribution in [2.75, 3.05) is 31.2 Å². The minimum Gasteiger partial charge on any atom is -0.378 e. The van der Waals surface area contributed by atoms with Crippen molar-refractivity contribution in [2.45, 2.75) is 0 Å². The standard InChI is InChI=1S/C27H21ClFN5O2/c28-19-7-9-21(10-8-19)34-26(18-6-11-24(23(29)16-18)32-12-14-36-15-13-32)30-25-22(27(34)35)17-33(31-25)20-4-2-1-3-5-20/h1-11,16-17H,12-15H2. The Morgan fingerprint density at radius 2 is 1.67 bits per heavy atom. The molecule has 1 saturated heterocycles. The van der Waals surface area contributed by atoms with E-state index in [1.165, 1.54) is 10.6 Å². The van der Waals surface area contributed by atoms with E-state index in [-0.39, 0.29) is 17.0 Å². The van der Waals surface area contributed by atoms with Crippen LogP contribution < -0.4 is 10.5 Å². The smallest absolute Gasteiger partial charge is 0.269 e. The van der Waals surface area contributed by atoms with Gasteiger partial charge in [0.25, 0.3) is 5.56 Å². The van der Waals surface area contributed by atoms with Crippen LogP contribution in [0.4, 0.5) is 10.1 Å². The second kappa shape index (κ2) is 9.22. The van der Waals surface area contributed by atoms with E-state index in [2.05, 4.69) is 5.10 Å². The van der Waals surface area contributed by atoms with Crippen LogP contribution in [0.15, 0.2) is 83.8 Å². The molecule has 0 bridgehead atoms. The van der Waals surface area contributed by atoms with Crippen molar-refractivity contribution in [1.82, 2.24) is 19.3 Å². The van der Waals surface area contributed by atoms with Gasteiger partial charge in [-0.2, -0.15) is 0 Å². The fourth-order valence-electron chi connectivity index (χ4n) is 4.41. The lowest BCUT2D eigenvalue weighted by molar-refractivity contribution is 0.122. The van der Waals surface area contributed by atoms with E-state index >= 15 is 4.39 Å². The van der Waals surface area contributed by atoms with Crippen LogP contribution in [0, 0.1) is 5.82 Å². The molecule has 0 saturated carbocycles. The molecule has 36 heavy (non-hydrogen) atoms. The number of ether oxygens (including phenoxy) is 1. The van der Waals surface area contributed by atoms with Crippen LogP contribution >= 0.6 is 11.6 Å². The van der Waals surface area contributed by atoms with Crippen LogP contribution in [0.5, 0.6) is 0 Å². The summed E-state index contributed by atoms with van der Waals surface area (Å²) in [6.45, 7) is 2.35. The van der Waals surface area contributed by atoms with Crippen molar-refractivity contribution >= 4 is 28.3 Å². The lowest BCUT2D eigenvalue weighted by Crippen LogP contribution is -2.36. The highest BCUT2D eigenvalue weighted by atomic mass is 35.5. The van der Waals surface area contributed by atoms with Gasteiger partial charge in [-0.25, -0.2) is 14.1 Å². The second-order valence-corrected chi connectivity index (χ2v) is 8.90. The van der Waals surface area contributed by atoms with Gasteiger partial charge in [0.2, 0.25) is 0 Å². The lowest BCUT2D eigenvalue weighted by atomic mass is 10.1. The summed E-state index contributed by atoms with van der Waals surface area (Å²) in [5.74, 6) is -0.0956. The van der Waals surface area contributed by atoms with E-state index < -0.39 is 0 Å². The van der Waals surface area contributed by atoms with Crippen molar-refractivity contribution in [2.24, 2.45) is 0 Å². The molecular formula is C27H21ClFN5O2. The SMILES string of the molecule is O=c1c2cn(-c3ccccc3)nc2nc(-c2ccc(N3CCOCC3)c(F)c2)n1-c1ccc(Cl)cc1. The summed E-state index contributed by atoms with van der Waals surface area (Å²) in [7, 11) is 0. The van der Waals surface area contributed by atoms with E-state index in [0.29, 0.717) is 59.5 Å². The van der Waals surface area contributed by atoms with E-state index in [4.69, 9.17) is 21.3 Å². The first-order chi connectivity index (χ1) is 17.6. The molecule has 0 N–H and O–H groups in total. The number of para-hydroxylation sites is 1. The summed E-state index contributed by atoms with van der Waals surface area (Å²) in [6.07, 6.45) is 1.66. The zero-order valence-electron chi connectivity index (χ0n) is 19.1.